The molecule has 0 aliphatic carbocycles. The molecular weight excluding hydrogens is 320 g/mol. The summed E-state index contributed by atoms with van der Waals surface area (Å²) in [7, 11) is 0. The van der Waals surface area contributed by atoms with Gasteiger partial charge in [-0.05, 0) is 0 Å². The van der Waals surface area contributed by atoms with Crippen LogP contribution < -0.4 is 10.6 Å². The van der Waals surface area contributed by atoms with Gasteiger partial charge in [-0.15, -0.1) is 0 Å². The quantitative estimate of drug-likeness (QED) is 0.505. The molecule has 24 heavy (non-hydrogen) atoms. The number of rotatable bonds is 7. The Labute approximate surface area is 136 Å². The number of aromatic nitrogens is 4. The van der Waals surface area contributed by atoms with E-state index < -0.39 is 6.10 Å². The molecule has 11 heteroatoms. The van der Waals surface area contributed by atoms with Crippen molar-refractivity contribution in [2.75, 3.05) is 23.8 Å². The van der Waals surface area contributed by atoms with E-state index in [0.29, 0.717) is 11.2 Å². The molecule has 2 amide bonds. The highest BCUT2D eigenvalue weighted by atomic mass is 16.5. The number of ether oxygens (including phenoxy) is 1. The van der Waals surface area contributed by atoms with Crippen LogP contribution in [0.25, 0.3) is 11.2 Å². The largest absolute Gasteiger partial charge is 0.394 e. The number of aliphatic hydroxyl groups excluding tert-OH is 2. The summed E-state index contributed by atoms with van der Waals surface area (Å²) in [5.74, 6) is -0.571. The number of amides is 2. The van der Waals surface area contributed by atoms with Crippen LogP contribution in [0.5, 0.6) is 0 Å². The number of hydrogen-bond donors (Lipinski definition) is 4. The van der Waals surface area contributed by atoms with E-state index in [1.807, 2.05) is 0 Å². The second-order valence-corrected chi connectivity index (χ2v) is 4.93. The topological polar surface area (TPSA) is 151 Å². The number of carbonyl (C=O) groups is 2. The highest BCUT2D eigenvalue weighted by Gasteiger charge is 2.16. The Balaban J connectivity index is 2.39. The third-order valence-corrected chi connectivity index (χ3v) is 2.90. The molecule has 0 unspecified atom stereocenters. The summed E-state index contributed by atoms with van der Waals surface area (Å²) in [5, 5.41) is 23.0. The van der Waals surface area contributed by atoms with E-state index in [2.05, 4.69) is 25.6 Å². The summed E-state index contributed by atoms with van der Waals surface area (Å²) in [6.45, 7) is 1.90. The molecular formula is C13H18N6O5. The Morgan fingerprint density at radius 1 is 1.21 bits per heavy atom. The average Bonchev–Trinajstić information content (AvgIpc) is 2.90. The number of aliphatic hydroxyl groups is 2. The minimum Gasteiger partial charge on any atom is -0.394 e. The van der Waals surface area contributed by atoms with Crippen molar-refractivity contribution in [1.29, 1.82) is 0 Å². The van der Waals surface area contributed by atoms with Crippen LogP contribution in [0.1, 0.15) is 13.8 Å². The van der Waals surface area contributed by atoms with Gasteiger partial charge < -0.3 is 20.3 Å². The Morgan fingerprint density at radius 2 is 1.88 bits per heavy atom. The van der Waals surface area contributed by atoms with E-state index in [1.54, 1.807) is 0 Å². The van der Waals surface area contributed by atoms with Crippen molar-refractivity contribution in [3.05, 3.63) is 6.33 Å². The summed E-state index contributed by atoms with van der Waals surface area (Å²) in [4.78, 5) is 34.9. The molecule has 0 radical (unpaired) electrons. The van der Waals surface area contributed by atoms with Gasteiger partial charge in [-0.1, -0.05) is 0 Å². The van der Waals surface area contributed by atoms with Gasteiger partial charge in [0, 0.05) is 13.8 Å². The Morgan fingerprint density at radius 3 is 2.46 bits per heavy atom. The van der Waals surface area contributed by atoms with Crippen molar-refractivity contribution in [3.8, 4) is 0 Å². The molecule has 0 bridgehead atoms. The van der Waals surface area contributed by atoms with Crippen LogP contribution >= 0.6 is 0 Å². The van der Waals surface area contributed by atoms with Gasteiger partial charge in [-0.3, -0.25) is 19.5 Å². The van der Waals surface area contributed by atoms with Crippen LogP contribution in [0.3, 0.4) is 0 Å². The average molecular weight is 338 g/mol. The third-order valence-electron chi connectivity index (χ3n) is 2.90. The van der Waals surface area contributed by atoms with E-state index in [0.717, 1.165) is 0 Å². The fourth-order valence-electron chi connectivity index (χ4n) is 1.85. The van der Waals surface area contributed by atoms with Gasteiger partial charge in [0.2, 0.25) is 17.8 Å². The molecule has 4 N–H and O–H groups in total. The van der Waals surface area contributed by atoms with Gasteiger partial charge in [0.1, 0.15) is 12.8 Å². The van der Waals surface area contributed by atoms with E-state index in [4.69, 9.17) is 14.9 Å². The minimum atomic E-state index is -0.742. The predicted octanol–water partition coefficient (Wildman–Crippen LogP) is -0.930. The van der Waals surface area contributed by atoms with Gasteiger partial charge in [-0.2, -0.15) is 9.97 Å². The maximum atomic E-state index is 11.3. The molecule has 0 aromatic carbocycles. The van der Waals surface area contributed by atoms with Crippen molar-refractivity contribution in [2.45, 2.75) is 26.7 Å². The van der Waals surface area contributed by atoms with Crippen molar-refractivity contribution in [3.63, 3.8) is 0 Å². The molecule has 0 fully saturated rings. The molecule has 2 heterocycles. The maximum absolute atomic E-state index is 11.3. The van der Waals surface area contributed by atoms with Gasteiger partial charge in [-0.25, -0.2) is 4.98 Å². The van der Waals surface area contributed by atoms with Crippen LogP contribution in [-0.4, -0.2) is 60.9 Å². The minimum absolute atomic E-state index is 0.00127. The molecule has 0 spiro atoms. The van der Waals surface area contributed by atoms with Crippen LogP contribution in [0.4, 0.5) is 11.8 Å². The van der Waals surface area contributed by atoms with Crippen molar-refractivity contribution in [1.82, 2.24) is 19.5 Å². The highest BCUT2D eigenvalue weighted by molar-refractivity contribution is 5.97. The number of carbonyl (C=O) groups excluding carboxylic acids is 2. The Hall–Kier alpha value is -2.63. The zero-order valence-electron chi connectivity index (χ0n) is 13.2. The first-order valence-electron chi connectivity index (χ1n) is 7.06. The Bertz CT molecular complexity index is 742. The number of nitrogens with one attached hydrogen (secondary N) is 2. The molecule has 130 valence electrons. The maximum Gasteiger partial charge on any atom is 0.233 e. The lowest BCUT2D eigenvalue weighted by molar-refractivity contribution is -0.115. The number of hydrogen-bond acceptors (Lipinski definition) is 8. The summed E-state index contributed by atoms with van der Waals surface area (Å²) >= 11 is 0. The number of anilines is 2. The molecule has 0 atom stereocenters. The summed E-state index contributed by atoms with van der Waals surface area (Å²) in [6, 6.07) is 0. The van der Waals surface area contributed by atoms with Gasteiger partial charge >= 0.3 is 0 Å². The lowest BCUT2D eigenvalue weighted by Crippen LogP contribution is -2.23. The molecule has 2 rings (SSSR count). The fourth-order valence-corrected chi connectivity index (χ4v) is 1.85. The van der Waals surface area contributed by atoms with Gasteiger partial charge in [0.05, 0.1) is 19.5 Å². The van der Waals surface area contributed by atoms with Crippen LogP contribution in [0, 0.1) is 0 Å². The van der Waals surface area contributed by atoms with Crippen molar-refractivity contribution >= 4 is 34.7 Å². The first-order chi connectivity index (χ1) is 11.4. The lowest BCUT2D eigenvalue weighted by atomic mass is 10.4. The summed E-state index contributed by atoms with van der Waals surface area (Å²) in [5.41, 5.74) is 0.625. The van der Waals surface area contributed by atoms with Gasteiger partial charge in [0.25, 0.3) is 0 Å². The summed E-state index contributed by atoms with van der Waals surface area (Å²) < 4.78 is 6.81. The lowest BCUT2D eigenvalue weighted by Gasteiger charge is -2.13. The fraction of sp³-hybridized carbons (Fsp3) is 0.462. The molecule has 0 aliphatic rings. The monoisotopic (exact) mass is 338 g/mol. The predicted molar refractivity (Wildman–Crippen MR) is 83.0 cm³/mol. The van der Waals surface area contributed by atoms with E-state index >= 15 is 0 Å². The van der Waals surface area contributed by atoms with Crippen LogP contribution in [-0.2, 0) is 21.1 Å². The number of fused-ring (bicyclic) bond motifs is 1. The molecule has 0 aliphatic heterocycles. The third kappa shape index (κ3) is 4.22. The first-order valence-corrected chi connectivity index (χ1v) is 7.06. The summed E-state index contributed by atoms with van der Waals surface area (Å²) in [6.07, 6.45) is 0.669. The second kappa shape index (κ2) is 7.77. The SMILES string of the molecule is CC(=O)Nc1nc(NC(C)=O)c2ncn(COC(CO)CO)c2n1. The standard InChI is InChI=1S/C13H18N6O5/c1-7(22)15-11-10-12(18-13(17-11)16-8(2)23)19(5-14-10)6-24-9(3-20)4-21/h5,9,20-21H,3-4,6H2,1-2H3,(H2,15,16,17,18,22,23). The molecule has 11 nitrogen and oxygen atoms in total. The number of nitrogens with zero attached hydrogens (tertiary/aromatic N) is 4. The zero-order chi connectivity index (χ0) is 17.7. The normalized spacial score (nSPS) is 11.0. The van der Waals surface area contributed by atoms with E-state index in [9.17, 15) is 9.59 Å². The van der Waals surface area contributed by atoms with E-state index in [1.165, 1.54) is 24.7 Å². The number of imidazole rings is 1. The van der Waals surface area contributed by atoms with Crippen LogP contribution in [0.15, 0.2) is 6.33 Å². The van der Waals surface area contributed by atoms with Gasteiger partial charge in [0.15, 0.2) is 17.0 Å². The highest BCUT2D eigenvalue weighted by Crippen LogP contribution is 2.21. The Kier molecular flexibility index (Phi) is 5.73. The molecule has 0 saturated carbocycles. The molecule has 2 aromatic heterocycles. The van der Waals surface area contributed by atoms with Crippen molar-refractivity contribution in [2.24, 2.45) is 0 Å². The molecule has 0 saturated heterocycles. The second-order valence-electron chi connectivity index (χ2n) is 4.93. The smallest absolute Gasteiger partial charge is 0.233 e. The first kappa shape index (κ1) is 17.7. The zero-order valence-corrected chi connectivity index (χ0v) is 13.2. The van der Waals surface area contributed by atoms with Crippen LogP contribution in [0.2, 0.25) is 0 Å². The molecule has 2 aromatic rings. The van der Waals surface area contributed by atoms with E-state index in [-0.39, 0.29) is 43.5 Å². The van der Waals surface area contributed by atoms with Crippen molar-refractivity contribution < 1.29 is 24.5 Å².